The molecule has 1 amide bonds. The molecule has 3 saturated heterocycles. The van der Waals surface area contributed by atoms with Gasteiger partial charge in [0, 0.05) is 63.6 Å². The highest BCUT2D eigenvalue weighted by atomic mass is 16.5. The van der Waals surface area contributed by atoms with E-state index in [0.717, 1.165) is 83.0 Å². The van der Waals surface area contributed by atoms with Gasteiger partial charge in [-0.05, 0) is 74.6 Å². The van der Waals surface area contributed by atoms with Gasteiger partial charge in [0.25, 0.3) is 5.91 Å². The SMILES string of the molecule is CCC(CC)N1CCC2(CC1)C[C@@H](C(=O)OCC(=O)N1CCCC1)N(Cc1ccc(CN(Cc3ncc[nH]3)Cc3ncc[nH]3)cc1)C2. The van der Waals surface area contributed by atoms with Crippen molar-refractivity contribution in [1.82, 2.24) is 39.5 Å². The topological polar surface area (TPSA) is 114 Å². The van der Waals surface area contributed by atoms with Gasteiger partial charge in [0.15, 0.2) is 6.61 Å². The van der Waals surface area contributed by atoms with E-state index in [1.807, 2.05) is 17.3 Å². The number of likely N-dealkylation sites (tertiary alicyclic amines) is 3. The summed E-state index contributed by atoms with van der Waals surface area (Å²) in [5, 5.41) is 0. The first-order chi connectivity index (χ1) is 22.9. The Balaban J connectivity index is 1.12. The summed E-state index contributed by atoms with van der Waals surface area (Å²) < 4.78 is 5.74. The maximum atomic E-state index is 13.6. The summed E-state index contributed by atoms with van der Waals surface area (Å²) in [6.45, 7) is 11.8. The Kier molecular flexibility index (Phi) is 11.1. The van der Waals surface area contributed by atoms with Crippen LogP contribution in [0.1, 0.15) is 81.6 Å². The van der Waals surface area contributed by atoms with Gasteiger partial charge >= 0.3 is 5.97 Å². The number of nitrogens with one attached hydrogen (secondary N) is 2. The average molecular weight is 645 g/mol. The van der Waals surface area contributed by atoms with E-state index in [-0.39, 0.29) is 29.9 Å². The average Bonchev–Trinajstić information content (AvgIpc) is 3.92. The van der Waals surface area contributed by atoms with Gasteiger partial charge < -0.3 is 24.5 Å². The molecule has 47 heavy (non-hydrogen) atoms. The van der Waals surface area contributed by atoms with Gasteiger partial charge in [-0.15, -0.1) is 0 Å². The minimum absolute atomic E-state index is 0.0719. The molecule has 5 heterocycles. The second kappa shape index (κ2) is 15.6. The van der Waals surface area contributed by atoms with Crippen molar-refractivity contribution in [2.75, 3.05) is 39.3 Å². The van der Waals surface area contributed by atoms with Crippen molar-refractivity contribution in [2.45, 2.75) is 97.1 Å². The number of amides is 1. The number of carbonyl (C=O) groups is 2. The molecule has 2 N–H and O–H groups in total. The standard InChI is InChI=1S/C36H52N8O3/c1-3-30(4-2)42-19-11-36(12-20-42)21-31(35(46)47-26-34(45)43-17-5-6-18-43)44(27-36)23-29-9-7-28(8-10-29)22-41(24-32-37-13-14-38-32)25-33-39-15-16-40-33/h7-10,13-16,30-31H,3-6,11-12,17-27H2,1-2H3,(H,37,38)(H,39,40)/t31-/m0/s1. The third-order valence-electron chi connectivity index (χ3n) is 10.7. The van der Waals surface area contributed by atoms with Crippen LogP contribution in [-0.4, -0.2) is 103 Å². The number of aromatic nitrogens is 4. The Morgan fingerprint density at radius 1 is 0.915 bits per heavy atom. The molecule has 0 saturated carbocycles. The lowest BCUT2D eigenvalue weighted by Crippen LogP contribution is -2.45. The molecule has 1 atom stereocenters. The van der Waals surface area contributed by atoms with Crippen LogP contribution in [0.4, 0.5) is 0 Å². The third-order valence-corrected chi connectivity index (χ3v) is 10.7. The van der Waals surface area contributed by atoms with E-state index >= 15 is 0 Å². The van der Waals surface area contributed by atoms with Crippen molar-refractivity contribution in [3.05, 3.63) is 71.8 Å². The molecule has 1 aromatic carbocycles. The predicted octanol–water partition coefficient (Wildman–Crippen LogP) is 4.35. The minimum atomic E-state index is -0.335. The van der Waals surface area contributed by atoms with Crippen LogP contribution in [0.5, 0.6) is 0 Å². The Morgan fingerprint density at radius 3 is 2.11 bits per heavy atom. The highest BCUT2D eigenvalue weighted by Gasteiger charge is 2.49. The van der Waals surface area contributed by atoms with Crippen LogP contribution < -0.4 is 0 Å². The molecular formula is C36H52N8O3. The number of ether oxygens (including phenoxy) is 1. The maximum absolute atomic E-state index is 13.6. The number of nitrogens with zero attached hydrogens (tertiary/aromatic N) is 6. The summed E-state index contributed by atoms with van der Waals surface area (Å²) in [5.74, 6) is 1.51. The molecule has 0 aliphatic carbocycles. The van der Waals surface area contributed by atoms with Crippen molar-refractivity contribution in [3.63, 3.8) is 0 Å². The number of hydrogen-bond acceptors (Lipinski definition) is 8. The molecule has 0 unspecified atom stereocenters. The molecule has 3 aromatic rings. The van der Waals surface area contributed by atoms with Gasteiger partial charge in [-0.3, -0.25) is 19.4 Å². The second-order valence-electron chi connectivity index (χ2n) is 13.9. The molecule has 3 aliphatic heterocycles. The molecule has 6 rings (SSSR count). The van der Waals surface area contributed by atoms with Crippen molar-refractivity contribution < 1.29 is 14.3 Å². The highest BCUT2D eigenvalue weighted by Crippen LogP contribution is 2.45. The van der Waals surface area contributed by atoms with E-state index in [1.165, 1.54) is 24.0 Å². The number of hydrogen-bond donors (Lipinski definition) is 2. The zero-order valence-corrected chi connectivity index (χ0v) is 28.2. The quantitative estimate of drug-likeness (QED) is 0.249. The van der Waals surface area contributed by atoms with Gasteiger partial charge in [-0.25, -0.2) is 9.97 Å². The van der Waals surface area contributed by atoms with Crippen LogP contribution in [-0.2, 0) is 40.5 Å². The fourth-order valence-corrected chi connectivity index (χ4v) is 7.96. The Labute approximate surface area is 279 Å². The molecule has 0 bridgehead atoms. The van der Waals surface area contributed by atoms with Crippen LogP contribution in [0.3, 0.4) is 0 Å². The van der Waals surface area contributed by atoms with Gasteiger partial charge in [0.1, 0.15) is 17.7 Å². The zero-order valence-electron chi connectivity index (χ0n) is 28.2. The first-order valence-electron chi connectivity index (χ1n) is 17.6. The van der Waals surface area contributed by atoms with Crippen LogP contribution >= 0.6 is 0 Å². The first-order valence-corrected chi connectivity index (χ1v) is 17.6. The van der Waals surface area contributed by atoms with Crippen LogP contribution in [0.25, 0.3) is 0 Å². The number of carbonyl (C=O) groups excluding carboxylic acids is 2. The van der Waals surface area contributed by atoms with Crippen molar-refractivity contribution in [1.29, 1.82) is 0 Å². The van der Waals surface area contributed by atoms with E-state index in [9.17, 15) is 9.59 Å². The smallest absolute Gasteiger partial charge is 0.323 e. The molecule has 11 heteroatoms. The number of H-pyrrole nitrogens is 2. The molecule has 2 aromatic heterocycles. The van der Waals surface area contributed by atoms with Crippen LogP contribution in [0.2, 0.25) is 0 Å². The van der Waals surface area contributed by atoms with Gasteiger partial charge in [-0.1, -0.05) is 38.1 Å². The molecule has 3 fully saturated rings. The lowest BCUT2D eigenvalue weighted by atomic mass is 9.76. The number of aromatic amines is 2. The molecule has 254 valence electrons. The summed E-state index contributed by atoms with van der Waals surface area (Å²) in [4.78, 5) is 50.7. The van der Waals surface area contributed by atoms with Gasteiger partial charge in [-0.2, -0.15) is 0 Å². The summed E-state index contributed by atoms with van der Waals surface area (Å²) in [6.07, 6.45) is 14.6. The summed E-state index contributed by atoms with van der Waals surface area (Å²) in [7, 11) is 0. The highest BCUT2D eigenvalue weighted by molar-refractivity contribution is 5.83. The molecule has 1 spiro atoms. The van der Waals surface area contributed by atoms with Crippen LogP contribution in [0, 0.1) is 5.41 Å². The Morgan fingerprint density at radius 2 is 1.53 bits per heavy atom. The predicted molar refractivity (Wildman–Crippen MR) is 180 cm³/mol. The van der Waals surface area contributed by atoms with Crippen molar-refractivity contribution in [3.8, 4) is 0 Å². The number of imidazole rings is 2. The maximum Gasteiger partial charge on any atom is 0.323 e. The van der Waals surface area contributed by atoms with E-state index in [4.69, 9.17) is 4.74 Å². The number of rotatable bonds is 14. The van der Waals surface area contributed by atoms with E-state index in [2.05, 4.69) is 72.7 Å². The molecule has 3 aliphatic rings. The molecule has 11 nitrogen and oxygen atoms in total. The normalized spacial score (nSPS) is 20.2. The van der Waals surface area contributed by atoms with E-state index in [0.29, 0.717) is 25.7 Å². The summed E-state index contributed by atoms with van der Waals surface area (Å²) in [6, 6.07) is 9.05. The minimum Gasteiger partial charge on any atom is -0.454 e. The number of piperidine rings is 1. The summed E-state index contributed by atoms with van der Waals surface area (Å²) in [5.41, 5.74) is 2.48. The van der Waals surface area contributed by atoms with E-state index in [1.54, 1.807) is 12.4 Å². The fraction of sp³-hybridized carbons (Fsp3) is 0.611. The lowest BCUT2D eigenvalue weighted by molar-refractivity contribution is -0.155. The monoisotopic (exact) mass is 644 g/mol. The van der Waals surface area contributed by atoms with Crippen LogP contribution in [0.15, 0.2) is 49.1 Å². The molecule has 0 radical (unpaired) electrons. The van der Waals surface area contributed by atoms with Gasteiger partial charge in [0.05, 0.1) is 13.1 Å². The van der Waals surface area contributed by atoms with Gasteiger partial charge in [0.2, 0.25) is 0 Å². The molecular weight excluding hydrogens is 592 g/mol. The van der Waals surface area contributed by atoms with Crippen molar-refractivity contribution in [2.24, 2.45) is 5.41 Å². The number of esters is 1. The Hall–Kier alpha value is -3.54. The second-order valence-corrected chi connectivity index (χ2v) is 13.9. The number of benzene rings is 1. The zero-order chi connectivity index (χ0) is 32.6. The largest absolute Gasteiger partial charge is 0.454 e. The third kappa shape index (κ3) is 8.49. The Bertz CT molecular complexity index is 1360. The first kappa shape index (κ1) is 33.4. The van der Waals surface area contributed by atoms with E-state index < -0.39 is 0 Å². The summed E-state index contributed by atoms with van der Waals surface area (Å²) >= 11 is 0. The van der Waals surface area contributed by atoms with Crippen molar-refractivity contribution >= 4 is 11.9 Å². The lowest BCUT2D eigenvalue weighted by Gasteiger charge is -2.42. The fourth-order valence-electron chi connectivity index (χ4n) is 7.96.